The first-order valence-electron chi connectivity index (χ1n) is 5.67. The van der Waals surface area contributed by atoms with E-state index in [1.54, 1.807) is 0 Å². The zero-order chi connectivity index (χ0) is 10.5. The normalized spacial score (nSPS) is 17.1. The molecule has 0 atom stereocenters. The molecule has 0 saturated heterocycles. The van der Waals surface area contributed by atoms with E-state index in [1.807, 2.05) is 23.9 Å². The molecule has 1 aromatic heterocycles. The average molecular weight is 222 g/mol. The standard InChI is InChI=1S/C12H18N2S/c13-8-11-6-3-7-12(14-11)15-9-10-4-1-2-5-10/h3,6-7,10H,1-2,4-5,8-9,13H2. The van der Waals surface area contributed by atoms with E-state index in [0.717, 1.165) is 16.6 Å². The molecule has 1 aromatic rings. The number of rotatable bonds is 4. The minimum Gasteiger partial charge on any atom is -0.325 e. The first-order valence-corrected chi connectivity index (χ1v) is 6.66. The molecule has 0 amide bonds. The summed E-state index contributed by atoms with van der Waals surface area (Å²) in [5.41, 5.74) is 6.56. The van der Waals surface area contributed by atoms with Crippen molar-refractivity contribution in [1.29, 1.82) is 0 Å². The van der Waals surface area contributed by atoms with Crippen molar-refractivity contribution >= 4 is 11.8 Å². The second kappa shape index (κ2) is 5.52. The lowest BCUT2D eigenvalue weighted by Crippen LogP contribution is -2.01. The van der Waals surface area contributed by atoms with Gasteiger partial charge in [0.05, 0.1) is 10.7 Å². The van der Waals surface area contributed by atoms with Gasteiger partial charge in [0, 0.05) is 12.3 Å². The summed E-state index contributed by atoms with van der Waals surface area (Å²) in [6.45, 7) is 0.540. The summed E-state index contributed by atoms with van der Waals surface area (Å²) in [6, 6.07) is 6.12. The molecule has 3 heteroatoms. The van der Waals surface area contributed by atoms with Crippen molar-refractivity contribution in [2.45, 2.75) is 37.3 Å². The van der Waals surface area contributed by atoms with Crippen LogP contribution in [-0.4, -0.2) is 10.7 Å². The maximum Gasteiger partial charge on any atom is 0.0963 e. The molecule has 0 aliphatic heterocycles. The topological polar surface area (TPSA) is 38.9 Å². The highest BCUT2D eigenvalue weighted by atomic mass is 32.2. The first-order chi connectivity index (χ1) is 7.38. The van der Waals surface area contributed by atoms with Gasteiger partial charge in [-0.2, -0.15) is 0 Å². The lowest BCUT2D eigenvalue weighted by atomic mass is 10.1. The Bertz CT molecular complexity index is 308. The van der Waals surface area contributed by atoms with Crippen LogP contribution < -0.4 is 5.73 Å². The Kier molecular flexibility index (Phi) is 4.03. The molecule has 1 heterocycles. The van der Waals surface area contributed by atoms with Crippen LogP contribution in [-0.2, 0) is 6.54 Å². The zero-order valence-corrected chi connectivity index (χ0v) is 9.80. The van der Waals surface area contributed by atoms with Crippen LogP contribution in [0, 0.1) is 5.92 Å². The Balaban J connectivity index is 1.86. The van der Waals surface area contributed by atoms with Crippen molar-refractivity contribution in [3.05, 3.63) is 23.9 Å². The predicted molar refractivity (Wildman–Crippen MR) is 64.8 cm³/mol. The van der Waals surface area contributed by atoms with Crippen LogP contribution in [0.5, 0.6) is 0 Å². The molecule has 2 nitrogen and oxygen atoms in total. The summed E-state index contributed by atoms with van der Waals surface area (Å²) in [5.74, 6) is 2.14. The van der Waals surface area contributed by atoms with E-state index >= 15 is 0 Å². The molecule has 0 radical (unpaired) electrons. The number of aromatic nitrogens is 1. The fraction of sp³-hybridized carbons (Fsp3) is 0.583. The molecule has 0 bridgehead atoms. The largest absolute Gasteiger partial charge is 0.325 e. The highest BCUT2D eigenvalue weighted by Gasteiger charge is 2.15. The molecule has 0 aromatic carbocycles. The van der Waals surface area contributed by atoms with Gasteiger partial charge in [0.25, 0.3) is 0 Å². The van der Waals surface area contributed by atoms with E-state index in [9.17, 15) is 0 Å². The van der Waals surface area contributed by atoms with Gasteiger partial charge >= 0.3 is 0 Å². The summed E-state index contributed by atoms with van der Waals surface area (Å²) < 4.78 is 0. The van der Waals surface area contributed by atoms with Crippen LogP contribution in [0.3, 0.4) is 0 Å². The SMILES string of the molecule is NCc1cccc(SCC2CCCC2)n1. The number of nitrogens with two attached hydrogens (primary N) is 1. The van der Waals surface area contributed by atoms with Crippen molar-refractivity contribution in [2.24, 2.45) is 11.7 Å². The smallest absolute Gasteiger partial charge is 0.0963 e. The van der Waals surface area contributed by atoms with Crippen molar-refractivity contribution in [1.82, 2.24) is 4.98 Å². The van der Waals surface area contributed by atoms with Gasteiger partial charge < -0.3 is 5.73 Å². The van der Waals surface area contributed by atoms with Crippen LogP contribution in [0.1, 0.15) is 31.4 Å². The molecule has 1 aliphatic rings. The van der Waals surface area contributed by atoms with Crippen molar-refractivity contribution < 1.29 is 0 Å². The summed E-state index contributed by atoms with van der Waals surface area (Å²) >= 11 is 1.88. The average Bonchev–Trinajstić information content (AvgIpc) is 2.79. The first kappa shape index (κ1) is 11.0. The highest BCUT2D eigenvalue weighted by molar-refractivity contribution is 7.99. The van der Waals surface area contributed by atoms with E-state index in [1.165, 1.54) is 31.4 Å². The molecule has 1 fully saturated rings. The molecule has 1 aliphatic carbocycles. The summed E-state index contributed by atoms with van der Waals surface area (Å²) in [4.78, 5) is 4.49. The quantitative estimate of drug-likeness (QED) is 0.796. The predicted octanol–water partition coefficient (Wildman–Crippen LogP) is 2.82. The molecule has 82 valence electrons. The van der Waals surface area contributed by atoms with Gasteiger partial charge in [-0.3, -0.25) is 0 Å². The molecule has 0 unspecified atom stereocenters. The Hall–Kier alpha value is -0.540. The second-order valence-corrected chi connectivity index (χ2v) is 5.17. The number of nitrogens with zero attached hydrogens (tertiary/aromatic N) is 1. The number of hydrogen-bond acceptors (Lipinski definition) is 3. The summed E-state index contributed by atoms with van der Waals surface area (Å²) in [7, 11) is 0. The molecule has 2 N–H and O–H groups in total. The Morgan fingerprint density at radius 3 is 2.87 bits per heavy atom. The van der Waals surface area contributed by atoms with Crippen LogP contribution in [0.15, 0.2) is 23.2 Å². The van der Waals surface area contributed by atoms with Gasteiger partial charge in [-0.1, -0.05) is 18.9 Å². The van der Waals surface area contributed by atoms with Crippen LogP contribution >= 0.6 is 11.8 Å². The van der Waals surface area contributed by atoms with E-state index in [0.29, 0.717) is 6.54 Å². The minimum atomic E-state index is 0.540. The van der Waals surface area contributed by atoms with E-state index < -0.39 is 0 Å². The number of pyridine rings is 1. The third kappa shape index (κ3) is 3.21. The number of thioether (sulfide) groups is 1. The lowest BCUT2D eigenvalue weighted by molar-refractivity contribution is 0.623. The van der Waals surface area contributed by atoms with Crippen LogP contribution in [0.25, 0.3) is 0 Å². The fourth-order valence-electron chi connectivity index (χ4n) is 2.03. The minimum absolute atomic E-state index is 0.540. The molecular formula is C12H18N2S. The number of hydrogen-bond donors (Lipinski definition) is 1. The Morgan fingerprint density at radius 2 is 2.13 bits per heavy atom. The van der Waals surface area contributed by atoms with E-state index in [-0.39, 0.29) is 0 Å². The van der Waals surface area contributed by atoms with Gasteiger partial charge in [-0.25, -0.2) is 4.98 Å². The van der Waals surface area contributed by atoms with Crippen LogP contribution in [0.4, 0.5) is 0 Å². The van der Waals surface area contributed by atoms with E-state index in [2.05, 4.69) is 11.1 Å². The van der Waals surface area contributed by atoms with Crippen molar-refractivity contribution in [3.8, 4) is 0 Å². The monoisotopic (exact) mass is 222 g/mol. The molecule has 0 spiro atoms. The Labute approximate surface area is 95.7 Å². The summed E-state index contributed by atoms with van der Waals surface area (Å²) in [5, 5.41) is 1.13. The lowest BCUT2D eigenvalue weighted by Gasteiger charge is -2.07. The third-order valence-electron chi connectivity index (χ3n) is 2.93. The van der Waals surface area contributed by atoms with Crippen molar-refractivity contribution in [3.63, 3.8) is 0 Å². The van der Waals surface area contributed by atoms with Gasteiger partial charge in [0.15, 0.2) is 0 Å². The van der Waals surface area contributed by atoms with Gasteiger partial charge in [-0.15, -0.1) is 11.8 Å². The van der Waals surface area contributed by atoms with Crippen molar-refractivity contribution in [2.75, 3.05) is 5.75 Å². The van der Waals surface area contributed by atoms with Gasteiger partial charge in [-0.05, 0) is 30.9 Å². The Morgan fingerprint density at radius 1 is 1.33 bits per heavy atom. The maximum absolute atomic E-state index is 5.57. The molecule has 2 rings (SSSR count). The van der Waals surface area contributed by atoms with E-state index in [4.69, 9.17) is 5.73 Å². The highest BCUT2D eigenvalue weighted by Crippen LogP contribution is 2.30. The second-order valence-electron chi connectivity index (χ2n) is 4.13. The molecule has 15 heavy (non-hydrogen) atoms. The fourth-order valence-corrected chi connectivity index (χ4v) is 3.13. The molecular weight excluding hydrogens is 204 g/mol. The molecule has 1 saturated carbocycles. The van der Waals surface area contributed by atoms with Gasteiger partial charge in [0.1, 0.15) is 0 Å². The maximum atomic E-state index is 5.57. The zero-order valence-electron chi connectivity index (χ0n) is 8.98. The summed E-state index contributed by atoms with van der Waals surface area (Å²) in [6.07, 6.45) is 5.65. The van der Waals surface area contributed by atoms with Gasteiger partial charge in [0.2, 0.25) is 0 Å². The van der Waals surface area contributed by atoms with Crippen LogP contribution in [0.2, 0.25) is 0 Å². The third-order valence-corrected chi connectivity index (χ3v) is 4.09.